The van der Waals surface area contributed by atoms with Crippen molar-refractivity contribution >= 4 is 5.91 Å². The van der Waals surface area contributed by atoms with Crippen LogP contribution < -0.4 is 11.1 Å². The van der Waals surface area contributed by atoms with Gasteiger partial charge in [-0.25, -0.2) is 0 Å². The Morgan fingerprint density at radius 3 is 3.00 bits per heavy atom. The summed E-state index contributed by atoms with van der Waals surface area (Å²) < 4.78 is 4.84. The molecular formula is C8H16N6O2. The fourth-order valence-corrected chi connectivity index (χ4v) is 1.11. The van der Waals surface area contributed by atoms with Crippen molar-refractivity contribution in [3.8, 4) is 0 Å². The highest BCUT2D eigenvalue weighted by Crippen LogP contribution is 2.03. The highest BCUT2D eigenvalue weighted by atomic mass is 16.5. The maximum absolute atomic E-state index is 11.6. The quantitative estimate of drug-likeness (QED) is 0.559. The van der Waals surface area contributed by atoms with E-state index in [1.165, 1.54) is 0 Å². The summed E-state index contributed by atoms with van der Waals surface area (Å²) in [5, 5.41) is 15.9. The molecule has 1 heterocycles. The van der Waals surface area contributed by atoms with Crippen LogP contribution in [0, 0.1) is 0 Å². The van der Waals surface area contributed by atoms with Crippen molar-refractivity contribution in [1.82, 2.24) is 25.9 Å². The number of hydrogen-bond donors (Lipinski definition) is 3. The summed E-state index contributed by atoms with van der Waals surface area (Å²) in [5.41, 5.74) is 5.65. The normalized spacial score (nSPS) is 14.4. The van der Waals surface area contributed by atoms with Gasteiger partial charge >= 0.3 is 0 Å². The van der Waals surface area contributed by atoms with Gasteiger partial charge in [0.2, 0.25) is 5.91 Å². The van der Waals surface area contributed by atoms with Crippen molar-refractivity contribution in [3.05, 3.63) is 5.82 Å². The Bertz CT molecular complexity index is 314. The van der Waals surface area contributed by atoms with Crippen molar-refractivity contribution < 1.29 is 9.53 Å². The molecule has 4 N–H and O–H groups in total. The first-order valence-electron chi connectivity index (χ1n) is 4.93. The van der Waals surface area contributed by atoms with Crippen molar-refractivity contribution in [2.75, 3.05) is 13.7 Å². The number of ether oxygens (including phenoxy) is 1. The van der Waals surface area contributed by atoms with Gasteiger partial charge in [-0.05, 0) is 13.3 Å². The van der Waals surface area contributed by atoms with Crippen LogP contribution in [0.25, 0.3) is 0 Å². The number of nitrogens with one attached hydrogen (secondary N) is 2. The number of carbonyl (C=O) groups excluding carboxylic acids is 1. The lowest BCUT2D eigenvalue weighted by atomic mass is 10.2. The second-order valence-corrected chi connectivity index (χ2v) is 3.39. The standard InChI is InChI=1S/C8H16N6O2/c1-5(7-11-13-14-12-7)10-8(15)6(9)3-4-16-2/h5-6H,3-4,9H2,1-2H3,(H,10,15)(H,11,12,13,14). The minimum Gasteiger partial charge on any atom is -0.385 e. The molecule has 0 spiro atoms. The van der Waals surface area contributed by atoms with Crippen LogP contribution in [0.3, 0.4) is 0 Å². The number of amides is 1. The average molecular weight is 228 g/mol. The van der Waals surface area contributed by atoms with E-state index in [0.29, 0.717) is 18.9 Å². The maximum Gasteiger partial charge on any atom is 0.237 e. The van der Waals surface area contributed by atoms with Crippen LogP contribution in [-0.2, 0) is 9.53 Å². The fraction of sp³-hybridized carbons (Fsp3) is 0.750. The van der Waals surface area contributed by atoms with Gasteiger partial charge in [-0.1, -0.05) is 5.21 Å². The van der Waals surface area contributed by atoms with E-state index in [1.807, 2.05) is 0 Å². The SMILES string of the molecule is COCCC(N)C(=O)NC(C)c1nn[nH]n1. The van der Waals surface area contributed by atoms with E-state index < -0.39 is 6.04 Å². The van der Waals surface area contributed by atoms with Crippen molar-refractivity contribution in [1.29, 1.82) is 0 Å². The highest BCUT2D eigenvalue weighted by Gasteiger charge is 2.18. The number of methoxy groups -OCH3 is 1. The lowest BCUT2D eigenvalue weighted by molar-refractivity contribution is -0.123. The third-order valence-electron chi connectivity index (χ3n) is 2.08. The number of aromatic nitrogens is 4. The molecule has 0 saturated heterocycles. The predicted molar refractivity (Wildman–Crippen MR) is 55.2 cm³/mol. The van der Waals surface area contributed by atoms with Gasteiger partial charge in [0.15, 0.2) is 5.82 Å². The van der Waals surface area contributed by atoms with Crippen LogP contribution in [0.1, 0.15) is 25.2 Å². The molecule has 0 aromatic carbocycles. The molecule has 2 atom stereocenters. The molecule has 1 aromatic heterocycles. The van der Waals surface area contributed by atoms with Crippen molar-refractivity contribution in [3.63, 3.8) is 0 Å². The molecule has 0 aliphatic rings. The van der Waals surface area contributed by atoms with Crippen LogP contribution in [0.2, 0.25) is 0 Å². The maximum atomic E-state index is 11.6. The molecule has 0 fully saturated rings. The average Bonchev–Trinajstić information content (AvgIpc) is 2.79. The van der Waals surface area contributed by atoms with Crippen molar-refractivity contribution in [2.24, 2.45) is 5.73 Å². The lowest BCUT2D eigenvalue weighted by Crippen LogP contribution is -2.42. The van der Waals surface area contributed by atoms with Crippen LogP contribution in [0.5, 0.6) is 0 Å². The molecule has 8 nitrogen and oxygen atoms in total. The van der Waals surface area contributed by atoms with E-state index in [0.717, 1.165) is 0 Å². The summed E-state index contributed by atoms with van der Waals surface area (Å²) in [4.78, 5) is 11.6. The molecule has 8 heteroatoms. The van der Waals surface area contributed by atoms with Crippen LogP contribution >= 0.6 is 0 Å². The zero-order valence-electron chi connectivity index (χ0n) is 9.30. The topological polar surface area (TPSA) is 119 Å². The van der Waals surface area contributed by atoms with Gasteiger partial charge in [0.1, 0.15) is 0 Å². The molecular weight excluding hydrogens is 212 g/mol. The second kappa shape index (κ2) is 6.13. The van der Waals surface area contributed by atoms with Crippen LogP contribution in [-0.4, -0.2) is 46.3 Å². The molecule has 1 rings (SSSR count). The van der Waals surface area contributed by atoms with Crippen molar-refractivity contribution in [2.45, 2.75) is 25.4 Å². The van der Waals surface area contributed by atoms with Gasteiger partial charge in [-0.2, -0.15) is 5.21 Å². The molecule has 1 amide bonds. The molecule has 0 saturated carbocycles. The molecule has 1 aromatic rings. The minimum atomic E-state index is -0.589. The number of H-pyrrole nitrogens is 1. The van der Waals surface area contributed by atoms with Gasteiger partial charge in [0, 0.05) is 13.7 Å². The molecule has 90 valence electrons. The predicted octanol–water partition coefficient (Wildman–Crippen LogP) is -1.26. The summed E-state index contributed by atoms with van der Waals surface area (Å²) in [6.45, 7) is 2.21. The lowest BCUT2D eigenvalue weighted by Gasteiger charge is -2.14. The molecule has 16 heavy (non-hydrogen) atoms. The van der Waals surface area contributed by atoms with E-state index in [9.17, 15) is 4.79 Å². The molecule has 0 aliphatic heterocycles. The Kier molecular flexibility index (Phi) is 4.80. The largest absolute Gasteiger partial charge is 0.385 e. The zero-order chi connectivity index (χ0) is 12.0. The molecule has 0 radical (unpaired) electrons. The first-order valence-corrected chi connectivity index (χ1v) is 4.93. The first-order chi connectivity index (χ1) is 7.65. The molecule has 2 unspecified atom stereocenters. The van der Waals surface area contributed by atoms with E-state index in [4.69, 9.17) is 10.5 Å². The molecule has 0 bridgehead atoms. The monoisotopic (exact) mass is 228 g/mol. The van der Waals surface area contributed by atoms with Crippen LogP contribution in [0.4, 0.5) is 0 Å². The summed E-state index contributed by atoms with van der Waals surface area (Å²) in [7, 11) is 1.56. The summed E-state index contributed by atoms with van der Waals surface area (Å²) >= 11 is 0. The van der Waals surface area contributed by atoms with Gasteiger partial charge in [-0.3, -0.25) is 4.79 Å². The van der Waals surface area contributed by atoms with Gasteiger partial charge in [-0.15, -0.1) is 10.2 Å². The minimum absolute atomic E-state index is 0.255. The van der Waals surface area contributed by atoms with E-state index >= 15 is 0 Å². The Labute approximate surface area is 92.9 Å². The van der Waals surface area contributed by atoms with Gasteiger partial charge < -0.3 is 15.8 Å². The second-order valence-electron chi connectivity index (χ2n) is 3.39. The van der Waals surface area contributed by atoms with E-state index in [1.54, 1.807) is 14.0 Å². The number of rotatable bonds is 6. The fourth-order valence-electron chi connectivity index (χ4n) is 1.11. The van der Waals surface area contributed by atoms with Gasteiger partial charge in [0.05, 0.1) is 12.1 Å². The van der Waals surface area contributed by atoms with E-state index in [-0.39, 0.29) is 11.9 Å². The number of nitrogens with two attached hydrogens (primary N) is 1. The number of tetrazole rings is 1. The Hall–Kier alpha value is -1.54. The first kappa shape index (κ1) is 12.5. The van der Waals surface area contributed by atoms with E-state index in [2.05, 4.69) is 25.9 Å². The summed E-state index contributed by atoms with van der Waals surface area (Å²) in [6, 6.07) is -0.908. The smallest absolute Gasteiger partial charge is 0.237 e. The number of hydrogen-bond acceptors (Lipinski definition) is 6. The third-order valence-corrected chi connectivity index (χ3v) is 2.08. The number of nitrogens with zero attached hydrogens (tertiary/aromatic N) is 3. The Morgan fingerprint density at radius 2 is 2.44 bits per heavy atom. The number of aromatic amines is 1. The third kappa shape index (κ3) is 3.55. The highest BCUT2D eigenvalue weighted by molar-refractivity contribution is 5.81. The number of carbonyl (C=O) groups is 1. The Morgan fingerprint density at radius 1 is 1.69 bits per heavy atom. The summed E-state index contributed by atoms with van der Waals surface area (Å²) in [6.07, 6.45) is 0.474. The van der Waals surface area contributed by atoms with Gasteiger partial charge in [0.25, 0.3) is 0 Å². The zero-order valence-corrected chi connectivity index (χ0v) is 9.30. The summed E-state index contributed by atoms with van der Waals surface area (Å²) in [5.74, 6) is 0.168. The Balaban J connectivity index is 2.39. The molecule has 0 aliphatic carbocycles. The van der Waals surface area contributed by atoms with Crippen LogP contribution in [0.15, 0.2) is 0 Å².